The lowest BCUT2D eigenvalue weighted by Gasteiger charge is -2.17. The van der Waals surface area contributed by atoms with Crippen LogP contribution in [0.3, 0.4) is 0 Å². The molecule has 4 nitrogen and oxygen atoms in total. The van der Waals surface area contributed by atoms with E-state index >= 15 is 0 Å². The van der Waals surface area contributed by atoms with E-state index in [1.54, 1.807) is 0 Å². The zero-order valence-corrected chi connectivity index (χ0v) is 14.7. The van der Waals surface area contributed by atoms with Gasteiger partial charge in [0.15, 0.2) is 0 Å². The summed E-state index contributed by atoms with van der Waals surface area (Å²) in [4.78, 5) is 11.1. The van der Waals surface area contributed by atoms with Crippen molar-refractivity contribution in [2.75, 3.05) is 23.7 Å². The average Bonchev–Trinajstić information content (AvgIpc) is 3.00. The van der Waals surface area contributed by atoms with Crippen molar-refractivity contribution in [1.82, 2.24) is 9.97 Å². The van der Waals surface area contributed by atoms with E-state index in [-0.39, 0.29) is 5.41 Å². The molecule has 1 aromatic heterocycles. The van der Waals surface area contributed by atoms with Crippen molar-refractivity contribution in [3.63, 3.8) is 0 Å². The van der Waals surface area contributed by atoms with E-state index in [0.29, 0.717) is 5.95 Å². The molecule has 23 heavy (non-hydrogen) atoms. The third-order valence-electron chi connectivity index (χ3n) is 3.95. The Hall–Kier alpha value is -2.10. The lowest BCUT2D eigenvalue weighted by molar-refractivity contribution is 0.627. The molecule has 1 fully saturated rings. The topological polar surface area (TPSA) is 55.0 Å². The van der Waals surface area contributed by atoms with Gasteiger partial charge in [0.1, 0.15) is 5.82 Å². The molecule has 1 aromatic rings. The molecular formula is C19H28N4. The van der Waals surface area contributed by atoms with E-state index in [0.717, 1.165) is 30.2 Å². The minimum atomic E-state index is 0.0641. The fourth-order valence-corrected chi connectivity index (χ4v) is 2.69. The third-order valence-corrected chi connectivity index (χ3v) is 3.95. The van der Waals surface area contributed by atoms with Gasteiger partial charge in [0.25, 0.3) is 0 Å². The molecule has 0 bridgehead atoms. The monoisotopic (exact) mass is 312 g/mol. The second kappa shape index (κ2) is 7.44. The number of nitrogen functional groups attached to an aromatic ring is 1. The molecule has 2 aliphatic rings. The van der Waals surface area contributed by atoms with E-state index in [1.165, 1.54) is 12.8 Å². The Morgan fingerprint density at radius 2 is 1.78 bits per heavy atom. The van der Waals surface area contributed by atoms with Crippen molar-refractivity contribution in [2.24, 2.45) is 5.41 Å². The third kappa shape index (κ3) is 4.44. The zero-order chi connectivity index (χ0) is 16.9. The molecule has 0 aromatic carbocycles. The number of nitrogens with two attached hydrogens (primary N) is 1. The van der Waals surface area contributed by atoms with Crippen molar-refractivity contribution >= 4 is 17.3 Å². The minimum absolute atomic E-state index is 0.0641. The van der Waals surface area contributed by atoms with Crippen LogP contribution in [0.4, 0.5) is 11.8 Å². The lowest BCUT2D eigenvalue weighted by Crippen LogP contribution is -2.20. The van der Waals surface area contributed by atoms with E-state index in [4.69, 9.17) is 5.73 Å². The highest BCUT2D eigenvalue weighted by Gasteiger charge is 2.17. The molecule has 4 heteroatoms. The molecule has 1 aliphatic heterocycles. The first-order chi connectivity index (χ1) is 11.0. The van der Waals surface area contributed by atoms with Gasteiger partial charge in [-0.15, -0.1) is 0 Å². The maximum absolute atomic E-state index is 5.91. The fourth-order valence-electron chi connectivity index (χ4n) is 2.69. The minimum Gasteiger partial charge on any atom is -0.368 e. The van der Waals surface area contributed by atoms with Crippen molar-refractivity contribution in [2.45, 2.75) is 40.5 Å². The molecule has 1 saturated heterocycles. The largest absolute Gasteiger partial charge is 0.368 e. The van der Waals surface area contributed by atoms with Crippen LogP contribution < -0.4 is 10.6 Å². The van der Waals surface area contributed by atoms with Crippen molar-refractivity contribution in [3.05, 3.63) is 42.1 Å². The summed E-state index contributed by atoms with van der Waals surface area (Å²) in [6.45, 7) is 10.5. The van der Waals surface area contributed by atoms with Crippen LogP contribution in [-0.2, 0) is 0 Å². The summed E-state index contributed by atoms with van der Waals surface area (Å²) < 4.78 is 0. The van der Waals surface area contributed by atoms with Crippen LogP contribution in [0.5, 0.6) is 0 Å². The maximum atomic E-state index is 5.91. The summed E-state index contributed by atoms with van der Waals surface area (Å²) in [5, 5.41) is 0. The number of hydrogen-bond acceptors (Lipinski definition) is 4. The quantitative estimate of drug-likeness (QED) is 0.888. The number of nitrogens with zero attached hydrogens (tertiary/aromatic N) is 3. The lowest BCUT2D eigenvalue weighted by atomic mass is 9.93. The zero-order valence-electron chi connectivity index (χ0n) is 14.7. The van der Waals surface area contributed by atoms with Crippen LogP contribution >= 0.6 is 0 Å². The van der Waals surface area contributed by atoms with Gasteiger partial charge in [-0.3, -0.25) is 0 Å². The SMILES string of the molecule is CC.CC1(C)C=CC=C(c2cc(N3CCCC3)nc(N)n2)C=C1. The van der Waals surface area contributed by atoms with Gasteiger partial charge in [0, 0.05) is 30.1 Å². The molecule has 0 spiro atoms. The average molecular weight is 312 g/mol. The van der Waals surface area contributed by atoms with Gasteiger partial charge in [0.05, 0.1) is 5.69 Å². The standard InChI is InChI=1S/C17H22N4.C2H6/c1-17(2)8-5-6-13(7-9-17)14-12-15(20-16(18)19-14)21-10-3-4-11-21;1-2/h5-9,12H,3-4,10-11H2,1-2H3,(H2,18,19,20);1-2H3. The van der Waals surface area contributed by atoms with Crippen molar-refractivity contribution in [1.29, 1.82) is 0 Å². The van der Waals surface area contributed by atoms with E-state index in [9.17, 15) is 0 Å². The molecule has 0 atom stereocenters. The number of allylic oxidation sites excluding steroid dienone is 6. The van der Waals surface area contributed by atoms with Crippen molar-refractivity contribution in [3.8, 4) is 0 Å². The Bertz CT molecular complexity index is 620. The molecular weight excluding hydrogens is 284 g/mol. The molecule has 0 saturated carbocycles. The second-order valence-corrected chi connectivity index (χ2v) is 6.30. The predicted octanol–water partition coefficient (Wildman–Crippen LogP) is 4.22. The summed E-state index contributed by atoms with van der Waals surface area (Å²) in [5.41, 5.74) is 7.94. The summed E-state index contributed by atoms with van der Waals surface area (Å²) in [6.07, 6.45) is 13.1. The van der Waals surface area contributed by atoms with E-state index in [2.05, 4.69) is 59.1 Å². The molecule has 0 radical (unpaired) electrons. The van der Waals surface area contributed by atoms with Crippen LogP contribution in [0.25, 0.3) is 5.57 Å². The van der Waals surface area contributed by atoms with Gasteiger partial charge in [-0.05, 0) is 12.8 Å². The van der Waals surface area contributed by atoms with Gasteiger partial charge < -0.3 is 10.6 Å². The molecule has 0 amide bonds. The summed E-state index contributed by atoms with van der Waals surface area (Å²) in [6, 6.07) is 2.05. The molecule has 0 unspecified atom stereocenters. The van der Waals surface area contributed by atoms with Crippen LogP contribution in [-0.4, -0.2) is 23.1 Å². The molecule has 3 rings (SSSR count). The number of rotatable bonds is 2. The maximum Gasteiger partial charge on any atom is 0.222 e. The van der Waals surface area contributed by atoms with Crippen molar-refractivity contribution < 1.29 is 0 Å². The first-order valence-corrected chi connectivity index (χ1v) is 8.52. The number of aromatic nitrogens is 2. The van der Waals surface area contributed by atoms with Gasteiger partial charge in [-0.25, -0.2) is 4.98 Å². The van der Waals surface area contributed by atoms with Crippen LogP contribution in [0.15, 0.2) is 36.4 Å². The molecule has 2 N–H and O–H groups in total. The number of anilines is 2. The van der Waals surface area contributed by atoms with Gasteiger partial charge >= 0.3 is 0 Å². The summed E-state index contributed by atoms with van der Waals surface area (Å²) >= 11 is 0. The normalized spacial score (nSPS) is 19.0. The molecule has 2 heterocycles. The van der Waals surface area contributed by atoms with Crippen LogP contribution in [0.2, 0.25) is 0 Å². The predicted molar refractivity (Wildman–Crippen MR) is 99.3 cm³/mol. The Morgan fingerprint density at radius 1 is 1.09 bits per heavy atom. The Labute approximate surface area is 139 Å². The molecule has 1 aliphatic carbocycles. The van der Waals surface area contributed by atoms with Gasteiger partial charge in [-0.1, -0.05) is 58.1 Å². The number of hydrogen-bond donors (Lipinski definition) is 1. The van der Waals surface area contributed by atoms with Gasteiger partial charge in [0.2, 0.25) is 5.95 Å². The molecule has 124 valence electrons. The highest BCUT2D eigenvalue weighted by atomic mass is 15.2. The Morgan fingerprint density at radius 3 is 2.48 bits per heavy atom. The summed E-state index contributed by atoms with van der Waals surface area (Å²) in [7, 11) is 0. The summed E-state index contributed by atoms with van der Waals surface area (Å²) in [5.74, 6) is 1.29. The highest BCUT2D eigenvalue weighted by Crippen LogP contribution is 2.28. The Balaban J connectivity index is 0.000000924. The first kappa shape index (κ1) is 17.3. The van der Waals surface area contributed by atoms with Gasteiger partial charge in [-0.2, -0.15) is 4.98 Å². The van der Waals surface area contributed by atoms with Crippen LogP contribution in [0.1, 0.15) is 46.2 Å². The Kier molecular flexibility index (Phi) is 5.59. The first-order valence-electron chi connectivity index (χ1n) is 8.52. The fraction of sp³-hybridized carbons (Fsp3) is 0.474. The second-order valence-electron chi connectivity index (χ2n) is 6.30. The highest BCUT2D eigenvalue weighted by molar-refractivity contribution is 5.75. The smallest absolute Gasteiger partial charge is 0.222 e. The van der Waals surface area contributed by atoms with E-state index < -0.39 is 0 Å². The van der Waals surface area contributed by atoms with E-state index in [1.807, 2.05) is 19.9 Å². The van der Waals surface area contributed by atoms with Crippen LogP contribution in [0, 0.1) is 5.41 Å².